The molecule has 0 aromatic rings. The Morgan fingerprint density at radius 1 is 1.22 bits per heavy atom. The summed E-state index contributed by atoms with van der Waals surface area (Å²) >= 11 is 0. The topological polar surface area (TPSA) is 73.8 Å². The normalized spacial score (nSPS) is 13.8. The molecule has 0 saturated heterocycles. The van der Waals surface area contributed by atoms with Gasteiger partial charge in [0.2, 0.25) is 0 Å². The molecule has 1 atom stereocenters. The Morgan fingerprint density at radius 2 is 1.83 bits per heavy atom. The zero-order valence-corrected chi connectivity index (χ0v) is 18.6. The molecular weight excluding hydrogens is 427 g/mol. The Hall–Kier alpha value is -0.0900. The molecule has 0 aromatic carbocycles. The lowest BCUT2D eigenvalue weighted by molar-refractivity contribution is 0.240. The minimum absolute atomic E-state index is 0. The van der Waals surface area contributed by atoms with Crippen molar-refractivity contribution in [3.05, 3.63) is 0 Å². The van der Waals surface area contributed by atoms with Crippen LogP contribution in [0.2, 0.25) is 0 Å². The van der Waals surface area contributed by atoms with Gasteiger partial charge in [0.15, 0.2) is 5.96 Å². The first kappa shape index (κ1) is 25.2. The number of aliphatic imine (C=N–C) groups is 1. The standard InChI is InChI=1S/C15H34N4O2S.HI/c1-7-16-15(17-10-11-19(8-2)13(3)4)18-14(5)9-12-22(6,20)21;/h13-14H,7-12H2,1-6H3,(H2,16,17,18);1H. The fourth-order valence-corrected chi connectivity index (χ4v) is 2.87. The molecule has 6 nitrogen and oxygen atoms in total. The number of hydrogen-bond acceptors (Lipinski definition) is 4. The number of guanidine groups is 1. The SMILES string of the molecule is CCNC(=NCCN(CC)C(C)C)NC(C)CCS(C)(=O)=O.I. The molecule has 0 spiro atoms. The Labute approximate surface area is 159 Å². The molecule has 8 heteroatoms. The van der Waals surface area contributed by atoms with E-state index in [1.54, 1.807) is 0 Å². The Morgan fingerprint density at radius 3 is 2.26 bits per heavy atom. The van der Waals surface area contributed by atoms with Crippen molar-refractivity contribution in [2.75, 3.05) is 38.2 Å². The van der Waals surface area contributed by atoms with Crippen LogP contribution in [-0.4, -0.2) is 69.5 Å². The summed E-state index contributed by atoms with van der Waals surface area (Å²) in [5.41, 5.74) is 0. The third-order valence-corrected chi connectivity index (χ3v) is 4.42. The maximum absolute atomic E-state index is 11.2. The van der Waals surface area contributed by atoms with Crippen molar-refractivity contribution in [2.24, 2.45) is 4.99 Å². The first-order chi connectivity index (χ1) is 10.2. The lowest BCUT2D eigenvalue weighted by Gasteiger charge is -2.24. The van der Waals surface area contributed by atoms with Gasteiger partial charge in [-0.1, -0.05) is 6.92 Å². The van der Waals surface area contributed by atoms with Crippen LogP contribution < -0.4 is 10.6 Å². The van der Waals surface area contributed by atoms with Crippen molar-refractivity contribution >= 4 is 39.8 Å². The van der Waals surface area contributed by atoms with Gasteiger partial charge in [-0.15, -0.1) is 24.0 Å². The Kier molecular flexibility index (Phi) is 14.5. The zero-order chi connectivity index (χ0) is 17.2. The van der Waals surface area contributed by atoms with Crippen molar-refractivity contribution in [1.82, 2.24) is 15.5 Å². The van der Waals surface area contributed by atoms with Crippen LogP contribution in [0.5, 0.6) is 0 Å². The minimum Gasteiger partial charge on any atom is -0.357 e. The van der Waals surface area contributed by atoms with Gasteiger partial charge in [0.05, 0.1) is 12.3 Å². The summed E-state index contributed by atoms with van der Waals surface area (Å²) in [6.45, 7) is 14.0. The summed E-state index contributed by atoms with van der Waals surface area (Å²) in [6, 6.07) is 0.587. The molecule has 0 rings (SSSR count). The van der Waals surface area contributed by atoms with E-state index in [1.807, 2.05) is 13.8 Å². The molecule has 2 N–H and O–H groups in total. The van der Waals surface area contributed by atoms with Gasteiger partial charge in [-0.25, -0.2) is 8.42 Å². The number of rotatable bonds is 10. The predicted molar refractivity (Wildman–Crippen MR) is 111 cm³/mol. The quantitative estimate of drug-likeness (QED) is 0.294. The molecule has 23 heavy (non-hydrogen) atoms. The van der Waals surface area contributed by atoms with Crippen molar-refractivity contribution < 1.29 is 8.42 Å². The van der Waals surface area contributed by atoms with Gasteiger partial charge in [0.1, 0.15) is 9.84 Å². The molecule has 0 aliphatic carbocycles. The second-order valence-electron chi connectivity index (χ2n) is 5.95. The Bertz CT molecular complexity index is 427. The molecule has 0 amide bonds. The van der Waals surface area contributed by atoms with E-state index >= 15 is 0 Å². The zero-order valence-electron chi connectivity index (χ0n) is 15.4. The second kappa shape index (κ2) is 13.2. The van der Waals surface area contributed by atoms with Gasteiger partial charge in [-0.05, 0) is 40.7 Å². The molecule has 0 heterocycles. The van der Waals surface area contributed by atoms with Crippen LogP contribution in [0.25, 0.3) is 0 Å². The van der Waals surface area contributed by atoms with Crippen LogP contribution in [0.3, 0.4) is 0 Å². The third kappa shape index (κ3) is 14.0. The summed E-state index contributed by atoms with van der Waals surface area (Å²) in [6.07, 6.45) is 1.85. The van der Waals surface area contributed by atoms with E-state index in [-0.39, 0.29) is 35.8 Å². The summed E-state index contributed by atoms with van der Waals surface area (Å²) in [5, 5.41) is 6.47. The summed E-state index contributed by atoms with van der Waals surface area (Å²) in [5.74, 6) is 0.945. The van der Waals surface area contributed by atoms with Crippen molar-refractivity contribution in [3.63, 3.8) is 0 Å². The fourth-order valence-electron chi connectivity index (χ4n) is 2.09. The largest absolute Gasteiger partial charge is 0.357 e. The van der Waals surface area contributed by atoms with Crippen LogP contribution in [0, 0.1) is 0 Å². The van der Waals surface area contributed by atoms with Crippen LogP contribution in [0.4, 0.5) is 0 Å². The molecule has 0 aliphatic rings. The highest BCUT2D eigenvalue weighted by Crippen LogP contribution is 1.97. The number of sulfone groups is 1. The van der Waals surface area contributed by atoms with E-state index in [1.165, 1.54) is 6.26 Å². The number of hydrogen-bond donors (Lipinski definition) is 2. The van der Waals surface area contributed by atoms with Crippen LogP contribution in [-0.2, 0) is 9.84 Å². The number of nitrogens with one attached hydrogen (secondary N) is 2. The van der Waals surface area contributed by atoms with Gasteiger partial charge in [-0.2, -0.15) is 0 Å². The van der Waals surface area contributed by atoms with Crippen LogP contribution in [0.1, 0.15) is 41.0 Å². The average molecular weight is 462 g/mol. The highest BCUT2D eigenvalue weighted by Gasteiger charge is 2.10. The smallest absolute Gasteiger partial charge is 0.191 e. The molecule has 0 bridgehead atoms. The molecule has 0 aromatic heterocycles. The Balaban J connectivity index is 0. The summed E-state index contributed by atoms with van der Waals surface area (Å²) in [4.78, 5) is 6.93. The molecule has 140 valence electrons. The van der Waals surface area contributed by atoms with Gasteiger partial charge in [-0.3, -0.25) is 9.89 Å². The van der Waals surface area contributed by atoms with Gasteiger partial charge >= 0.3 is 0 Å². The lowest BCUT2D eigenvalue weighted by atomic mass is 10.3. The number of halogens is 1. The van der Waals surface area contributed by atoms with Gasteiger partial charge < -0.3 is 10.6 Å². The first-order valence-corrected chi connectivity index (χ1v) is 10.2. The molecule has 1 unspecified atom stereocenters. The third-order valence-electron chi connectivity index (χ3n) is 3.44. The average Bonchev–Trinajstić information content (AvgIpc) is 2.40. The monoisotopic (exact) mass is 462 g/mol. The van der Waals surface area contributed by atoms with Crippen molar-refractivity contribution in [3.8, 4) is 0 Å². The number of nitrogens with zero attached hydrogens (tertiary/aromatic N) is 2. The fraction of sp³-hybridized carbons (Fsp3) is 0.933. The number of likely N-dealkylation sites (N-methyl/N-ethyl adjacent to an activating group) is 1. The van der Waals surface area contributed by atoms with E-state index in [2.05, 4.69) is 41.3 Å². The summed E-state index contributed by atoms with van der Waals surface area (Å²) < 4.78 is 22.4. The molecule has 0 fully saturated rings. The van der Waals surface area contributed by atoms with E-state index in [0.29, 0.717) is 12.5 Å². The van der Waals surface area contributed by atoms with Gasteiger partial charge in [0, 0.05) is 31.4 Å². The minimum atomic E-state index is -2.92. The maximum atomic E-state index is 11.2. The lowest BCUT2D eigenvalue weighted by Crippen LogP contribution is -2.43. The van der Waals surface area contributed by atoms with Gasteiger partial charge in [0.25, 0.3) is 0 Å². The molecule has 0 radical (unpaired) electrons. The van der Waals surface area contributed by atoms with Crippen molar-refractivity contribution in [1.29, 1.82) is 0 Å². The predicted octanol–water partition coefficient (Wildman–Crippen LogP) is 1.71. The highest BCUT2D eigenvalue weighted by molar-refractivity contribution is 14.0. The summed E-state index contributed by atoms with van der Waals surface area (Å²) in [7, 11) is -2.92. The maximum Gasteiger partial charge on any atom is 0.191 e. The van der Waals surface area contributed by atoms with E-state index in [4.69, 9.17) is 0 Å². The molecule has 0 saturated carbocycles. The van der Waals surface area contributed by atoms with E-state index < -0.39 is 9.84 Å². The highest BCUT2D eigenvalue weighted by atomic mass is 127. The van der Waals surface area contributed by atoms with E-state index in [0.717, 1.165) is 32.1 Å². The van der Waals surface area contributed by atoms with E-state index in [9.17, 15) is 8.42 Å². The molecule has 0 aliphatic heterocycles. The molecular formula is C15H35IN4O2S. The van der Waals surface area contributed by atoms with Crippen LogP contribution in [0.15, 0.2) is 4.99 Å². The van der Waals surface area contributed by atoms with Crippen LogP contribution >= 0.6 is 24.0 Å². The van der Waals surface area contributed by atoms with Crippen molar-refractivity contribution in [2.45, 2.75) is 53.1 Å². The first-order valence-electron chi connectivity index (χ1n) is 8.16. The second-order valence-corrected chi connectivity index (χ2v) is 8.21.